The molecule has 2 N–H and O–H groups in total. The molecule has 0 fully saturated rings. The van der Waals surface area contributed by atoms with Gasteiger partial charge in [0.15, 0.2) is 0 Å². The largest absolute Gasteiger partial charge is 0.469 e. The average molecular weight is 292 g/mol. The van der Waals surface area contributed by atoms with Crippen molar-refractivity contribution in [3.63, 3.8) is 0 Å². The van der Waals surface area contributed by atoms with Crippen molar-refractivity contribution >= 4 is 29.2 Å². The van der Waals surface area contributed by atoms with E-state index in [0.717, 1.165) is 0 Å². The maximum atomic E-state index is 11.6. The molecule has 114 valence electrons. The van der Waals surface area contributed by atoms with Gasteiger partial charge in [0.1, 0.15) is 0 Å². The minimum atomic E-state index is -0.420. The zero-order valence-corrected chi connectivity index (χ0v) is 12.4. The molecule has 0 atom stereocenters. The number of nitrogens with one attached hydrogen (secondary N) is 2. The fraction of sp³-hybridized carbons (Fsp3) is 0.400. The normalized spacial score (nSPS) is 10.1. The van der Waals surface area contributed by atoms with Crippen molar-refractivity contribution in [2.45, 2.75) is 26.7 Å². The Morgan fingerprint density at radius 1 is 1.00 bits per heavy atom. The molecule has 0 aliphatic rings. The van der Waals surface area contributed by atoms with Gasteiger partial charge in [-0.1, -0.05) is 13.8 Å². The Morgan fingerprint density at radius 3 is 2.00 bits per heavy atom. The van der Waals surface area contributed by atoms with Gasteiger partial charge in [-0.05, 0) is 24.3 Å². The third-order valence-electron chi connectivity index (χ3n) is 2.74. The number of carbonyl (C=O) groups is 3. The average Bonchev–Trinajstić information content (AvgIpc) is 2.46. The lowest BCUT2D eigenvalue weighted by Crippen LogP contribution is -2.17. The number of hydrogen-bond acceptors (Lipinski definition) is 4. The van der Waals surface area contributed by atoms with Crippen molar-refractivity contribution in [2.75, 3.05) is 17.7 Å². The summed E-state index contributed by atoms with van der Waals surface area (Å²) in [5.74, 6) is -0.844. The van der Waals surface area contributed by atoms with E-state index < -0.39 is 5.97 Å². The molecule has 0 bridgehead atoms. The fourth-order valence-electron chi connectivity index (χ4n) is 1.46. The van der Waals surface area contributed by atoms with Crippen molar-refractivity contribution in [2.24, 2.45) is 5.92 Å². The second-order valence-electron chi connectivity index (χ2n) is 4.85. The van der Waals surface area contributed by atoms with Gasteiger partial charge in [-0.15, -0.1) is 0 Å². The molecule has 0 unspecified atom stereocenters. The quantitative estimate of drug-likeness (QED) is 0.787. The highest BCUT2D eigenvalue weighted by Gasteiger charge is 2.08. The van der Waals surface area contributed by atoms with E-state index in [1.54, 1.807) is 24.3 Å². The molecule has 0 aliphatic carbocycles. The van der Waals surface area contributed by atoms with Crippen LogP contribution >= 0.6 is 0 Å². The van der Waals surface area contributed by atoms with Crippen molar-refractivity contribution in [3.8, 4) is 0 Å². The molecular formula is C15H20N2O4. The number of rotatable bonds is 6. The number of carbonyl (C=O) groups excluding carboxylic acids is 3. The summed E-state index contributed by atoms with van der Waals surface area (Å²) in [7, 11) is 1.28. The predicted molar refractivity (Wildman–Crippen MR) is 79.8 cm³/mol. The van der Waals surface area contributed by atoms with E-state index in [1.165, 1.54) is 7.11 Å². The summed E-state index contributed by atoms with van der Waals surface area (Å²) in [4.78, 5) is 34.1. The van der Waals surface area contributed by atoms with E-state index in [0.29, 0.717) is 11.4 Å². The molecule has 0 saturated carbocycles. The lowest BCUT2D eigenvalue weighted by molar-refractivity contribution is -0.141. The molecule has 6 nitrogen and oxygen atoms in total. The van der Waals surface area contributed by atoms with Gasteiger partial charge in [-0.25, -0.2) is 0 Å². The van der Waals surface area contributed by atoms with Crippen LogP contribution in [0.1, 0.15) is 26.7 Å². The van der Waals surface area contributed by atoms with Crippen LogP contribution in [0.25, 0.3) is 0 Å². The van der Waals surface area contributed by atoms with Crippen LogP contribution in [-0.2, 0) is 19.1 Å². The van der Waals surface area contributed by atoms with Crippen LogP contribution in [-0.4, -0.2) is 24.9 Å². The van der Waals surface area contributed by atoms with E-state index in [9.17, 15) is 14.4 Å². The molecule has 0 radical (unpaired) electrons. The maximum absolute atomic E-state index is 11.6. The Bertz CT molecular complexity index is 509. The molecule has 0 saturated heterocycles. The first-order chi connectivity index (χ1) is 9.92. The van der Waals surface area contributed by atoms with Gasteiger partial charge in [0.25, 0.3) is 0 Å². The van der Waals surface area contributed by atoms with Gasteiger partial charge in [0.2, 0.25) is 11.8 Å². The van der Waals surface area contributed by atoms with Gasteiger partial charge in [-0.2, -0.15) is 0 Å². The number of amides is 2. The lowest BCUT2D eigenvalue weighted by atomic mass is 10.2. The molecular weight excluding hydrogens is 272 g/mol. The third-order valence-corrected chi connectivity index (χ3v) is 2.74. The topological polar surface area (TPSA) is 84.5 Å². The highest BCUT2D eigenvalue weighted by Crippen LogP contribution is 2.14. The van der Waals surface area contributed by atoms with Gasteiger partial charge in [0.05, 0.1) is 13.5 Å². The van der Waals surface area contributed by atoms with E-state index >= 15 is 0 Å². The number of ether oxygens (including phenoxy) is 1. The Morgan fingerprint density at radius 2 is 1.52 bits per heavy atom. The first kappa shape index (κ1) is 16.7. The third kappa shape index (κ3) is 6.07. The summed E-state index contributed by atoms with van der Waals surface area (Å²) in [6.45, 7) is 3.62. The van der Waals surface area contributed by atoms with E-state index in [-0.39, 0.29) is 30.6 Å². The Labute approximate surface area is 123 Å². The molecule has 0 aromatic heterocycles. The van der Waals surface area contributed by atoms with Crippen molar-refractivity contribution < 1.29 is 19.1 Å². The highest BCUT2D eigenvalue weighted by molar-refractivity contribution is 5.94. The molecule has 1 aromatic carbocycles. The van der Waals surface area contributed by atoms with Crippen LogP contribution in [0.5, 0.6) is 0 Å². The van der Waals surface area contributed by atoms with Crippen molar-refractivity contribution in [3.05, 3.63) is 24.3 Å². The van der Waals surface area contributed by atoms with Crippen LogP contribution in [0.3, 0.4) is 0 Å². The fourth-order valence-corrected chi connectivity index (χ4v) is 1.46. The summed E-state index contributed by atoms with van der Waals surface area (Å²) in [5.41, 5.74) is 1.27. The number of methoxy groups -OCH3 is 1. The van der Waals surface area contributed by atoms with Gasteiger partial charge in [-0.3, -0.25) is 14.4 Å². The molecule has 21 heavy (non-hydrogen) atoms. The summed E-state index contributed by atoms with van der Waals surface area (Å²) in [5, 5.41) is 5.42. The number of anilines is 2. The van der Waals surface area contributed by atoms with Crippen LogP contribution in [0.4, 0.5) is 11.4 Å². The van der Waals surface area contributed by atoms with Crippen molar-refractivity contribution in [1.29, 1.82) is 0 Å². The summed E-state index contributed by atoms with van der Waals surface area (Å²) >= 11 is 0. The van der Waals surface area contributed by atoms with Crippen LogP contribution in [0.15, 0.2) is 24.3 Å². The van der Waals surface area contributed by atoms with Gasteiger partial charge >= 0.3 is 5.97 Å². The molecule has 6 heteroatoms. The second-order valence-corrected chi connectivity index (χ2v) is 4.85. The molecule has 1 aromatic rings. The number of hydrogen-bond donors (Lipinski definition) is 2. The number of esters is 1. The predicted octanol–water partition coefficient (Wildman–Crippen LogP) is 2.17. The maximum Gasteiger partial charge on any atom is 0.306 e. The Kier molecular flexibility index (Phi) is 6.39. The molecule has 2 amide bonds. The SMILES string of the molecule is COC(=O)CCC(=O)Nc1ccc(NC(=O)C(C)C)cc1. The van der Waals surface area contributed by atoms with Crippen LogP contribution in [0.2, 0.25) is 0 Å². The highest BCUT2D eigenvalue weighted by atomic mass is 16.5. The zero-order valence-electron chi connectivity index (χ0n) is 12.4. The van der Waals surface area contributed by atoms with Crippen LogP contribution < -0.4 is 10.6 Å². The van der Waals surface area contributed by atoms with Crippen molar-refractivity contribution in [1.82, 2.24) is 0 Å². The second kappa shape index (κ2) is 8.04. The van der Waals surface area contributed by atoms with Crippen LogP contribution in [0, 0.1) is 5.92 Å². The Hall–Kier alpha value is -2.37. The standard InChI is InChI=1S/C15H20N2O4/c1-10(2)15(20)17-12-6-4-11(5-7-12)16-13(18)8-9-14(19)21-3/h4-7,10H,8-9H2,1-3H3,(H,16,18)(H,17,20). The summed E-state index contributed by atoms with van der Waals surface area (Å²) in [6, 6.07) is 6.78. The smallest absolute Gasteiger partial charge is 0.306 e. The minimum absolute atomic E-state index is 0.0465. The lowest BCUT2D eigenvalue weighted by Gasteiger charge is -2.09. The van der Waals surface area contributed by atoms with Gasteiger partial charge in [0, 0.05) is 23.7 Å². The van der Waals surface area contributed by atoms with E-state index in [2.05, 4.69) is 15.4 Å². The summed E-state index contributed by atoms with van der Waals surface area (Å²) in [6.07, 6.45) is 0.114. The molecule has 1 rings (SSSR count). The van der Waals surface area contributed by atoms with E-state index in [1.807, 2.05) is 13.8 Å². The number of benzene rings is 1. The zero-order chi connectivity index (χ0) is 15.8. The monoisotopic (exact) mass is 292 g/mol. The van der Waals surface area contributed by atoms with Gasteiger partial charge < -0.3 is 15.4 Å². The molecule has 0 heterocycles. The first-order valence-corrected chi connectivity index (χ1v) is 6.70. The minimum Gasteiger partial charge on any atom is -0.469 e. The summed E-state index contributed by atoms with van der Waals surface area (Å²) < 4.78 is 4.46. The first-order valence-electron chi connectivity index (χ1n) is 6.70. The van der Waals surface area contributed by atoms with E-state index in [4.69, 9.17) is 0 Å². The molecule has 0 spiro atoms. The molecule has 0 aliphatic heterocycles. The Balaban J connectivity index is 2.49.